The minimum absolute atomic E-state index is 0.156. The van der Waals surface area contributed by atoms with Crippen LogP contribution >= 0.6 is 61.1 Å². The number of phenolic OH excluding ortho intramolecular Hbond substituents is 1. The van der Waals surface area contributed by atoms with Crippen LogP contribution in [0.4, 0.5) is 0 Å². The van der Waals surface area contributed by atoms with Crippen LogP contribution in [0, 0.1) is 7.14 Å². The smallest absolute Gasteiger partial charge is 0.282 e. The summed E-state index contributed by atoms with van der Waals surface area (Å²) in [6.07, 6.45) is 7.25. The van der Waals surface area contributed by atoms with E-state index in [9.17, 15) is 9.90 Å². The third-order valence-corrected chi connectivity index (χ3v) is 7.30. The summed E-state index contributed by atoms with van der Waals surface area (Å²) in [5, 5.41) is 15.1. The Bertz CT molecular complexity index is 1150. The van der Waals surface area contributed by atoms with E-state index in [-0.39, 0.29) is 17.2 Å². The second-order valence-corrected chi connectivity index (χ2v) is 10.4. The van der Waals surface area contributed by atoms with E-state index >= 15 is 0 Å². The molecule has 8 heteroatoms. The van der Waals surface area contributed by atoms with Crippen molar-refractivity contribution < 1.29 is 5.11 Å². The van der Waals surface area contributed by atoms with Crippen molar-refractivity contribution in [3.63, 3.8) is 0 Å². The summed E-state index contributed by atoms with van der Waals surface area (Å²) >= 11 is 7.63. The van der Waals surface area contributed by atoms with Gasteiger partial charge in [0.1, 0.15) is 11.6 Å². The van der Waals surface area contributed by atoms with Gasteiger partial charge in [0.05, 0.1) is 24.3 Å². The lowest BCUT2D eigenvalue weighted by molar-refractivity contribution is 0.416. The Labute approximate surface area is 204 Å². The first kappa shape index (κ1) is 21.2. The van der Waals surface area contributed by atoms with Gasteiger partial charge in [-0.25, -0.2) is 4.98 Å². The van der Waals surface area contributed by atoms with Crippen molar-refractivity contribution in [3.8, 4) is 5.75 Å². The van der Waals surface area contributed by atoms with Gasteiger partial charge in [0.2, 0.25) is 0 Å². The molecule has 1 saturated carbocycles. The molecule has 29 heavy (non-hydrogen) atoms. The van der Waals surface area contributed by atoms with Gasteiger partial charge in [-0.1, -0.05) is 35.2 Å². The van der Waals surface area contributed by atoms with Gasteiger partial charge in [0.25, 0.3) is 5.56 Å². The maximum absolute atomic E-state index is 13.3. The van der Waals surface area contributed by atoms with Crippen LogP contribution in [0.3, 0.4) is 0 Å². The number of benzene rings is 2. The van der Waals surface area contributed by atoms with E-state index in [1.807, 2.05) is 24.3 Å². The number of nitrogens with zero attached hydrogens (tertiary/aromatic N) is 3. The quantitative estimate of drug-likeness (QED) is 0.273. The molecule has 1 N–H and O–H groups in total. The molecular weight excluding hydrogens is 660 g/mol. The van der Waals surface area contributed by atoms with E-state index in [0.29, 0.717) is 10.9 Å². The molecular formula is C21H18BrI2N3O2. The lowest BCUT2D eigenvalue weighted by Gasteiger charge is -2.22. The Morgan fingerprint density at radius 3 is 2.52 bits per heavy atom. The Kier molecular flexibility index (Phi) is 6.59. The van der Waals surface area contributed by atoms with E-state index in [1.165, 1.54) is 11.1 Å². The number of aromatic hydroxyl groups is 1. The fourth-order valence-electron chi connectivity index (χ4n) is 3.69. The number of hydrogen-bond acceptors (Lipinski definition) is 4. The third kappa shape index (κ3) is 4.53. The minimum Gasteiger partial charge on any atom is -0.506 e. The number of phenols is 1. The first-order valence-corrected chi connectivity index (χ1v) is 12.3. The molecule has 0 amide bonds. The molecule has 1 fully saturated rings. The molecule has 0 aliphatic heterocycles. The summed E-state index contributed by atoms with van der Waals surface area (Å²) in [7, 11) is 0. The predicted molar refractivity (Wildman–Crippen MR) is 136 cm³/mol. The highest BCUT2D eigenvalue weighted by molar-refractivity contribution is 14.1. The molecule has 0 spiro atoms. The molecule has 2 aromatic carbocycles. The predicted octanol–water partition coefficient (Wildman–Crippen LogP) is 6.00. The highest BCUT2D eigenvalue weighted by Crippen LogP contribution is 2.32. The normalized spacial score (nSPS) is 15.4. The SMILES string of the molecule is O=c1c2cc(Br)ccc2nc(C2CCCCC2)n1N=Cc1cc(I)c(O)c(I)c1. The molecule has 0 radical (unpaired) electrons. The van der Waals surface area contributed by atoms with Crippen molar-refractivity contribution in [1.29, 1.82) is 0 Å². The Morgan fingerprint density at radius 2 is 1.83 bits per heavy atom. The van der Waals surface area contributed by atoms with Gasteiger partial charge in [0.15, 0.2) is 0 Å². The summed E-state index contributed by atoms with van der Waals surface area (Å²) in [5.41, 5.74) is 1.38. The number of rotatable bonds is 3. The zero-order chi connectivity index (χ0) is 20.5. The van der Waals surface area contributed by atoms with Crippen molar-refractivity contribution in [2.24, 2.45) is 5.10 Å². The first-order valence-electron chi connectivity index (χ1n) is 9.38. The first-order chi connectivity index (χ1) is 13.9. The molecule has 0 bridgehead atoms. The van der Waals surface area contributed by atoms with Crippen LogP contribution in [0.15, 0.2) is 44.7 Å². The molecule has 1 aromatic heterocycles. The van der Waals surface area contributed by atoms with Gasteiger partial charge in [0, 0.05) is 10.4 Å². The average molecular weight is 678 g/mol. The molecule has 0 saturated heterocycles. The lowest BCUT2D eigenvalue weighted by atomic mass is 9.88. The largest absolute Gasteiger partial charge is 0.506 e. The minimum atomic E-state index is -0.156. The van der Waals surface area contributed by atoms with E-state index in [0.717, 1.165) is 48.7 Å². The number of fused-ring (bicyclic) bond motifs is 1. The summed E-state index contributed by atoms with van der Waals surface area (Å²) in [6, 6.07) is 9.28. The molecule has 5 nitrogen and oxygen atoms in total. The van der Waals surface area contributed by atoms with Crippen molar-refractivity contribution >= 4 is 78.2 Å². The molecule has 150 valence electrons. The topological polar surface area (TPSA) is 67.5 Å². The van der Waals surface area contributed by atoms with Crippen LogP contribution in [0.1, 0.15) is 49.4 Å². The summed E-state index contributed by atoms with van der Waals surface area (Å²) < 4.78 is 3.80. The summed E-state index contributed by atoms with van der Waals surface area (Å²) in [4.78, 5) is 18.1. The average Bonchev–Trinajstić information content (AvgIpc) is 2.72. The van der Waals surface area contributed by atoms with Gasteiger partial charge in [-0.15, -0.1) is 0 Å². The maximum Gasteiger partial charge on any atom is 0.282 e. The highest BCUT2D eigenvalue weighted by Gasteiger charge is 2.22. The van der Waals surface area contributed by atoms with Crippen LogP contribution in [0.5, 0.6) is 5.75 Å². The van der Waals surface area contributed by atoms with E-state index < -0.39 is 0 Å². The van der Waals surface area contributed by atoms with Gasteiger partial charge >= 0.3 is 0 Å². The van der Waals surface area contributed by atoms with Gasteiger partial charge in [-0.2, -0.15) is 9.78 Å². The zero-order valence-electron chi connectivity index (χ0n) is 15.4. The molecule has 4 rings (SSSR count). The van der Waals surface area contributed by atoms with E-state index in [4.69, 9.17) is 4.98 Å². The molecule has 1 aliphatic rings. The maximum atomic E-state index is 13.3. The fourth-order valence-corrected chi connectivity index (χ4v) is 5.86. The van der Waals surface area contributed by atoms with Crippen LogP contribution in [0.2, 0.25) is 0 Å². The van der Waals surface area contributed by atoms with Crippen molar-refractivity contribution in [1.82, 2.24) is 9.66 Å². The Hall–Kier alpha value is -1.01. The standard InChI is InChI=1S/C21H18BrI2N3O2/c22-14-6-7-18-15(10-14)21(29)27(20(26-18)13-4-2-1-3-5-13)25-11-12-8-16(23)19(28)17(24)9-12/h6-11,13,28H,1-5H2. The van der Waals surface area contributed by atoms with Crippen molar-refractivity contribution in [2.45, 2.75) is 38.0 Å². The summed E-state index contributed by atoms with van der Waals surface area (Å²) in [5.74, 6) is 1.24. The van der Waals surface area contributed by atoms with Crippen molar-refractivity contribution in [2.75, 3.05) is 0 Å². The second-order valence-electron chi connectivity index (χ2n) is 7.16. The third-order valence-electron chi connectivity index (χ3n) is 5.17. The van der Waals surface area contributed by atoms with Crippen molar-refractivity contribution in [3.05, 3.63) is 63.7 Å². The molecule has 1 aliphatic carbocycles. The Morgan fingerprint density at radius 1 is 1.14 bits per heavy atom. The number of hydrogen-bond donors (Lipinski definition) is 1. The van der Waals surface area contributed by atoms with Crippen LogP contribution in [-0.4, -0.2) is 21.0 Å². The van der Waals surface area contributed by atoms with Crippen LogP contribution in [0.25, 0.3) is 10.9 Å². The Balaban J connectivity index is 1.86. The monoisotopic (exact) mass is 677 g/mol. The zero-order valence-corrected chi connectivity index (χ0v) is 21.3. The fraction of sp³-hybridized carbons (Fsp3) is 0.286. The lowest BCUT2D eigenvalue weighted by Crippen LogP contribution is -2.25. The number of halogens is 3. The second kappa shape index (κ2) is 9.01. The highest BCUT2D eigenvalue weighted by atomic mass is 127. The van der Waals surface area contributed by atoms with Gasteiger partial charge in [-0.05, 0) is 93.9 Å². The van der Waals surface area contributed by atoms with Gasteiger partial charge < -0.3 is 5.11 Å². The molecule has 0 unspecified atom stereocenters. The summed E-state index contributed by atoms with van der Waals surface area (Å²) in [6.45, 7) is 0. The number of aromatic nitrogens is 2. The van der Waals surface area contributed by atoms with E-state index in [2.05, 4.69) is 66.2 Å². The molecule has 1 heterocycles. The van der Waals surface area contributed by atoms with Gasteiger partial charge in [-0.3, -0.25) is 4.79 Å². The molecule has 3 aromatic rings. The van der Waals surface area contributed by atoms with Crippen LogP contribution in [-0.2, 0) is 0 Å². The van der Waals surface area contributed by atoms with E-state index in [1.54, 1.807) is 12.3 Å². The molecule has 0 atom stereocenters. The van der Waals surface area contributed by atoms with Crippen LogP contribution < -0.4 is 5.56 Å².